The lowest BCUT2D eigenvalue weighted by molar-refractivity contribution is 0.451. The summed E-state index contributed by atoms with van der Waals surface area (Å²) in [5.41, 5.74) is 19.9. The molecule has 5 aliphatic rings. The molecule has 250 valence electrons. The fourth-order valence-electron chi connectivity index (χ4n) is 11.4. The molecule has 6 aromatic rings. The molecule has 4 atom stereocenters. The number of rotatable bonds is 4. The maximum absolute atomic E-state index is 2.65. The second-order valence-electron chi connectivity index (χ2n) is 16.4. The number of nitrogens with zero attached hydrogens (tertiary/aromatic N) is 2. The second kappa shape index (κ2) is 10.7. The minimum atomic E-state index is 0.149. The summed E-state index contributed by atoms with van der Waals surface area (Å²) in [5.74, 6) is 1.15. The van der Waals surface area contributed by atoms with Gasteiger partial charge in [-0.1, -0.05) is 97.8 Å². The average Bonchev–Trinajstić information content (AvgIpc) is 3.94. The van der Waals surface area contributed by atoms with Gasteiger partial charge in [0.1, 0.15) is 0 Å². The molecule has 0 aromatic heterocycles. The lowest BCUT2D eigenvalue weighted by atomic mass is 9.86. The summed E-state index contributed by atoms with van der Waals surface area (Å²) in [6.07, 6.45) is 8.62. The first-order valence-corrected chi connectivity index (χ1v) is 19.3. The van der Waals surface area contributed by atoms with Crippen LogP contribution in [0.1, 0.15) is 86.5 Å². The van der Waals surface area contributed by atoms with Gasteiger partial charge in [0.2, 0.25) is 0 Å². The Morgan fingerprint density at radius 3 is 1.33 bits per heavy atom. The van der Waals surface area contributed by atoms with Crippen LogP contribution in [-0.2, 0) is 6.42 Å². The SMILES string of the molecule is CC12CCCC1c1cc(-c3ccc4c(c3)Cc3cc(-c5ccc6c(c5)C5CCCC5(C)N6c5ccccc5)ccc3-4)ccc1N2c1ccccc1. The molecule has 6 aromatic carbocycles. The van der Waals surface area contributed by atoms with Gasteiger partial charge < -0.3 is 9.80 Å². The predicted molar refractivity (Wildman–Crippen MR) is 213 cm³/mol. The van der Waals surface area contributed by atoms with E-state index in [1.54, 1.807) is 0 Å². The van der Waals surface area contributed by atoms with Crippen LogP contribution in [0.4, 0.5) is 22.7 Å². The molecule has 0 N–H and O–H groups in total. The van der Waals surface area contributed by atoms with E-state index in [0.29, 0.717) is 11.8 Å². The molecule has 2 saturated carbocycles. The summed E-state index contributed by atoms with van der Waals surface area (Å²) >= 11 is 0. The summed E-state index contributed by atoms with van der Waals surface area (Å²) < 4.78 is 0. The molecule has 0 spiro atoms. The summed E-state index contributed by atoms with van der Waals surface area (Å²) in [7, 11) is 0. The zero-order valence-corrected chi connectivity index (χ0v) is 29.7. The van der Waals surface area contributed by atoms with Crippen LogP contribution in [0.15, 0.2) is 133 Å². The number of anilines is 4. The van der Waals surface area contributed by atoms with E-state index >= 15 is 0 Å². The Morgan fingerprint density at radius 2 is 0.882 bits per heavy atom. The minimum Gasteiger partial charge on any atom is -0.335 e. The fourth-order valence-corrected chi connectivity index (χ4v) is 11.4. The molecule has 2 heterocycles. The Balaban J connectivity index is 0.908. The third kappa shape index (κ3) is 4.17. The van der Waals surface area contributed by atoms with E-state index < -0.39 is 0 Å². The average molecular weight is 661 g/mol. The zero-order valence-electron chi connectivity index (χ0n) is 29.7. The third-order valence-corrected chi connectivity index (χ3v) is 13.7. The van der Waals surface area contributed by atoms with E-state index in [2.05, 4.69) is 157 Å². The van der Waals surface area contributed by atoms with Crippen molar-refractivity contribution in [3.05, 3.63) is 156 Å². The predicted octanol–water partition coefficient (Wildman–Crippen LogP) is 12.9. The zero-order chi connectivity index (χ0) is 33.9. The molecule has 2 aliphatic heterocycles. The Hall–Kier alpha value is -5.08. The minimum absolute atomic E-state index is 0.149. The van der Waals surface area contributed by atoms with Crippen LogP contribution in [0.2, 0.25) is 0 Å². The van der Waals surface area contributed by atoms with E-state index in [0.717, 1.165) is 6.42 Å². The lowest BCUT2D eigenvalue weighted by Crippen LogP contribution is -2.40. The molecule has 2 heteroatoms. The van der Waals surface area contributed by atoms with Gasteiger partial charge >= 0.3 is 0 Å². The maximum atomic E-state index is 2.65. The van der Waals surface area contributed by atoms with Crippen LogP contribution >= 0.6 is 0 Å². The Bertz CT molecular complexity index is 2190. The van der Waals surface area contributed by atoms with Crippen molar-refractivity contribution in [3.63, 3.8) is 0 Å². The third-order valence-electron chi connectivity index (χ3n) is 13.7. The Kier molecular flexibility index (Phi) is 6.23. The first-order valence-electron chi connectivity index (χ1n) is 19.3. The lowest BCUT2D eigenvalue weighted by Gasteiger charge is -2.37. The Labute approximate surface area is 302 Å². The van der Waals surface area contributed by atoms with E-state index in [1.807, 2.05) is 0 Å². The van der Waals surface area contributed by atoms with Crippen LogP contribution < -0.4 is 9.80 Å². The topological polar surface area (TPSA) is 6.48 Å². The number of hydrogen-bond acceptors (Lipinski definition) is 2. The highest BCUT2D eigenvalue weighted by molar-refractivity contribution is 5.85. The monoisotopic (exact) mass is 660 g/mol. The molecule has 11 rings (SSSR count). The van der Waals surface area contributed by atoms with Crippen molar-refractivity contribution in [1.82, 2.24) is 0 Å². The van der Waals surface area contributed by atoms with Gasteiger partial charge in [-0.2, -0.15) is 0 Å². The molecular weight excluding hydrogens is 617 g/mol. The molecule has 2 fully saturated rings. The molecule has 4 unspecified atom stereocenters. The summed E-state index contributed by atoms with van der Waals surface area (Å²) in [5, 5.41) is 0. The van der Waals surface area contributed by atoms with Gasteiger partial charge in [-0.3, -0.25) is 0 Å². The smallest absolute Gasteiger partial charge is 0.0492 e. The highest BCUT2D eigenvalue weighted by Gasteiger charge is 2.52. The molecule has 0 bridgehead atoms. The molecule has 0 saturated heterocycles. The molecule has 3 aliphatic carbocycles. The molecule has 0 radical (unpaired) electrons. The molecule has 51 heavy (non-hydrogen) atoms. The molecule has 2 nitrogen and oxygen atoms in total. The Morgan fingerprint density at radius 1 is 0.471 bits per heavy atom. The van der Waals surface area contributed by atoms with Crippen LogP contribution in [0.3, 0.4) is 0 Å². The second-order valence-corrected chi connectivity index (χ2v) is 16.4. The summed E-state index contributed by atoms with van der Waals surface area (Å²) in [6.45, 7) is 4.98. The summed E-state index contributed by atoms with van der Waals surface area (Å²) in [4.78, 5) is 5.29. The van der Waals surface area contributed by atoms with Crippen LogP contribution in [0.25, 0.3) is 33.4 Å². The first-order chi connectivity index (χ1) is 25.0. The van der Waals surface area contributed by atoms with Gasteiger partial charge in [0.15, 0.2) is 0 Å². The van der Waals surface area contributed by atoms with E-state index in [1.165, 1.54) is 117 Å². The fraction of sp³-hybridized carbons (Fsp3) is 0.265. The normalized spacial score (nSPS) is 25.0. The van der Waals surface area contributed by atoms with Gasteiger partial charge in [-0.25, -0.2) is 0 Å². The molecular formula is C49H44N2. The van der Waals surface area contributed by atoms with Crippen LogP contribution in [0.5, 0.6) is 0 Å². The largest absolute Gasteiger partial charge is 0.335 e. The van der Waals surface area contributed by atoms with E-state index in [-0.39, 0.29) is 11.1 Å². The van der Waals surface area contributed by atoms with E-state index in [9.17, 15) is 0 Å². The maximum Gasteiger partial charge on any atom is 0.0492 e. The van der Waals surface area contributed by atoms with Gasteiger partial charge in [-0.15, -0.1) is 0 Å². The van der Waals surface area contributed by atoms with Crippen molar-refractivity contribution < 1.29 is 0 Å². The first kappa shape index (κ1) is 29.6. The van der Waals surface area contributed by atoms with Crippen molar-refractivity contribution in [2.24, 2.45) is 0 Å². The van der Waals surface area contributed by atoms with Gasteiger partial charge in [0.05, 0.1) is 0 Å². The number of benzene rings is 6. The van der Waals surface area contributed by atoms with Crippen LogP contribution in [-0.4, -0.2) is 11.1 Å². The standard InChI is InChI=1S/C49H44N2/c1-48-25-9-15-44(48)42-30-34(19-23-46(42)50(48)38-11-5-3-6-12-38)32-17-21-40-36(27-32)29-37-28-33(18-22-41(37)40)35-20-24-47-43(31-35)45-16-10-26-49(45,2)51(47)39-13-7-4-8-14-39/h3-8,11-14,17-24,27-28,30-31,44-45H,9-10,15-16,25-26,29H2,1-2H3. The quantitative estimate of drug-likeness (QED) is 0.185. The van der Waals surface area contributed by atoms with Crippen molar-refractivity contribution in [3.8, 4) is 33.4 Å². The van der Waals surface area contributed by atoms with Gasteiger partial charge in [-0.05, 0) is 150 Å². The number of fused-ring (bicyclic) bond motifs is 9. The number of hydrogen-bond donors (Lipinski definition) is 0. The highest BCUT2D eigenvalue weighted by atomic mass is 15.2. The van der Waals surface area contributed by atoms with Crippen molar-refractivity contribution in [2.75, 3.05) is 9.80 Å². The van der Waals surface area contributed by atoms with Crippen molar-refractivity contribution in [1.29, 1.82) is 0 Å². The van der Waals surface area contributed by atoms with Crippen LogP contribution in [0, 0.1) is 0 Å². The number of para-hydroxylation sites is 2. The van der Waals surface area contributed by atoms with Gasteiger partial charge in [0.25, 0.3) is 0 Å². The van der Waals surface area contributed by atoms with E-state index in [4.69, 9.17) is 0 Å². The molecule has 0 amide bonds. The van der Waals surface area contributed by atoms with Crippen molar-refractivity contribution in [2.45, 2.75) is 81.7 Å². The highest BCUT2D eigenvalue weighted by Crippen LogP contribution is 2.60. The van der Waals surface area contributed by atoms with Crippen molar-refractivity contribution >= 4 is 22.7 Å². The summed E-state index contributed by atoms with van der Waals surface area (Å²) in [6, 6.07) is 51.1. The van der Waals surface area contributed by atoms with Gasteiger partial charge in [0, 0.05) is 45.7 Å².